The minimum absolute atomic E-state index is 0.174. The van der Waals surface area contributed by atoms with Gasteiger partial charge in [-0.1, -0.05) is 35.9 Å². The molecule has 2 aromatic rings. The van der Waals surface area contributed by atoms with Crippen LogP contribution in [0.3, 0.4) is 0 Å². The van der Waals surface area contributed by atoms with Gasteiger partial charge in [-0.2, -0.15) is 0 Å². The number of halogens is 2. The first-order valence-corrected chi connectivity index (χ1v) is 8.33. The normalized spacial score (nSPS) is 17.7. The predicted octanol–water partition coefficient (Wildman–Crippen LogP) is 3.42. The molecule has 2 amide bonds. The van der Waals surface area contributed by atoms with Crippen LogP contribution < -0.4 is 5.32 Å². The summed E-state index contributed by atoms with van der Waals surface area (Å²) in [6.45, 7) is 0.901. The lowest BCUT2D eigenvalue weighted by Gasteiger charge is -2.35. The van der Waals surface area contributed by atoms with Crippen molar-refractivity contribution in [3.8, 4) is 0 Å². The molecule has 4 nitrogen and oxygen atoms in total. The molecular weight excluding hydrogens is 380 g/mol. The third kappa shape index (κ3) is 3.26. The molecule has 1 atom stereocenters. The highest BCUT2D eigenvalue weighted by Gasteiger charge is 2.35. The molecule has 3 rings (SSSR count). The standard InChI is InChI=1S/C17H14BrClN2O2/c18-14-4-2-1-3-13(14)17(23)21-10-9-20-16(22)15(21)11-5-7-12(19)8-6-11/h1-8,15H,9-10H2,(H,20,22). The smallest absolute Gasteiger partial charge is 0.256 e. The Labute approximate surface area is 147 Å². The molecule has 23 heavy (non-hydrogen) atoms. The van der Waals surface area contributed by atoms with E-state index in [1.807, 2.05) is 12.1 Å². The zero-order valence-electron chi connectivity index (χ0n) is 12.1. The number of rotatable bonds is 2. The molecule has 1 unspecified atom stereocenters. The zero-order chi connectivity index (χ0) is 16.4. The molecule has 0 aliphatic carbocycles. The van der Waals surface area contributed by atoms with Crippen molar-refractivity contribution >= 4 is 39.3 Å². The van der Waals surface area contributed by atoms with Crippen molar-refractivity contribution in [2.24, 2.45) is 0 Å². The summed E-state index contributed by atoms with van der Waals surface area (Å²) in [6.07, 6.45) is 0. The Kier molecular flexibility index (Phi) is 4.68. The fourth-order valence-corrected chi connectivity index (χ4v) is 3.23. The van der Waals surface area contributed by atoms with Crippen LogP contribution >= 0.6 is 27.5 Å². The number of nitrogens with one attached hydrogen (secondary N) is 1. The number of piperazine rings is 1. The van der Waals surface area contributed by atoms with Gasteiger partial charge >= 0.3 is 0 Å². The maximum Gasteiger partial charge on any atom is 0.256 e. The second-order valence-electron chi connectivity index (χ2n) is 5.22. The van der Waals surface area contributed by atoms with Gasteiger partial charge in [-0.3, -0.25) is 9.59 Å². The van der Waals surface area contributed by atoms with Gasteiger partial charge in [0.15, 0.2) is 0 Å². The minimum atomic E-state index is -0.652. The fourth-order valence-electron chi connectivity index (χ4n) is 2.65. The van der Waals surface area contributed by atoms with Gasteiger partial charge in [0.1, 0.15) is 6.04 Å². The van der Waals surface area contributed by atoms with Crippen LogP contribution in [0, 0.1) is 0 Å². The number of benzene rings is 2. The Morgan fingerprint density at radius 1 is 1.17 bits per heavy atom. The van der Waals surface area contributed by atoms with Crippen LogP contribution in [0.5, 0.6) is 0 Å². The number of hydrogen-bond acceptors (Lipinski definition) is 2. The van der Waals surface area contributed by atoms with E-state index in [0.29, 0.717) is 28.1 Å². The van der Waals surface area contributed by atoms with E-state index in [1.165, 1.54) is 0 Å². The summed E-state index contributed by atoms with van der Waals surface area (Å²) < 4.78 is 0.714. The minimum Gasteiger partial charge on any atom is -0.352 e. The topological polar surface area (TPSA) is 49.4 Å². The van der Waals surface area contributed by atoms with Gasteiger partial charge in [-0.05, 0) is 45.8 Å². The SMILES string of the molecule is O=C1NCCN(C(=O)c2ccccc2Br)C1c1ccc(Cl)cc1. The van der Waals surface area contributed by atoms with E-state index >= 15 is 0 Å². The fraction of sp³-hybridized carbons (Fsp3) is 0.176. The summed E-state index contributed by atoms with van der Waals surface area (Å²) in [5.74, 6) is -0.355. The summed E-state index contributed by atoms with van der Waals surface area (Å²) in [5.41, 5.74) is 1.29. The lowest BCUT2D eigenvalue weighted by Crippen LogP contribution is -2.52. The Morgan fingerprint density at radius 2 is 1.87 bits per heavy atom. The highest BCUT2D eigenvalue weighted by molar-refractivity contribution is 9.10. The third-order valence-corrected chi connectivity index (χ3v) is 4.71. The monoisotopic (exact) mass is 392 g/mol. The van der Waals surface area contributed by atoms with E-state index in [1.54, 1.807) is 41.3 Å². The zero-order valence-corrected chi connectivity index (χ0v) is 14.5. The second kappa shape index (κ2) is 6.72. The molecular formula is C17H14BrClN2O2. The van der Waals surface area contributed by atoms with E-state index in [4.69, 9.17) is 11.6 Å². The van der Waals surface area contributed by atoms with Crippen LogP contribution in [-0.2, 0) is 4.79 Å². The van der Waals surface area contributed by atoms with Gasteiger partial charge in [0, 0.05) is 22.6 Å². The van der Waals surface area contributed by atoms with Crippen molar-refractivity contribution in [2.45, 2.75) is 6.04 Å². The Balaban J connectivity index is 1.98. The summed E-state index contributed by atoms with van der Waals surface area (Å²) in [6, 6.07) is 13.6. The number of nitrogens with zero attached hydrogens (tertiary/aromatic N) is 1. The Bertz CT molecular complexity index is 749. The average Bonchev–Trinajstić information content (AvgIpc) is 2.55. The van der Waals surface area contributed by atoms with Gasteiger partial charge in [0.05, 0.1) is 5.56 Å². The highest BCUT2D eigenvalue weighted by atomic mass is 79.9. The van der Waals surface area contributed by atoms with E-state index < -0.39 is 6.04 Å². The average molecular weight is 394 g/mol. The molecule has 1 aliphatic rings. The number of carbonyl (C=O) groups is 2. The van der Waals surface area contributed by atoms with Gasteiger partial charge in [0.25, 0.3) is 5.91 Å². The second-order valence-corrected chi connectivity index (χ2v) is 6.51. The molecule has 1 aliphatic heterocycles. The molecule has 1 fully saturated rings. The number of carbonyl (C=O) groups excluding carboxylic acids is 2. The van der Waals surface area contributed by atoms with Crippen LogP contribution in [-0.4, -0.2) is 29.8 Å². The van der Waals surface area contributed by atoms with Crippen LogP contribution in [0.4, 0.5) is 0 Å². The van der Waals surface area contributed by atoms with Crippen LogP contribution in [0.1, 0.15) is 22.0 Å². The summed E-state index contributed by atoms with van der Waals surface area (Å²) in [4.78, 5) is 26.9. The largest absolute Gasteiger partial charge is 0.352 e. The first kappa shape index (κ1) is 16.0. The number of amides is 2. The molecule has 0 radical (unpaired) electrons. The molecule has 1 heterocycles. The van der Waals surface area contributed by atoms with E-state index in [-0.39, 0.29) is 11.8 Å². The van der Waals surface area contributed by atoms with E-state index in [9.17, 15) is 9.59 Å². The summed E-state index contributed by atoms with van der Waals surface area (Å²) in [5, 5.41) is 3.41. The maximum atomic E-state index is 12.9. The molecule has 6 heteroatoms. The van der Waals surface area contributed by atoms with Crippen LogP contribution in [0.25, 0.3) is 0 Å². The Hall–Kier alpha value is -1.85. The van der Waals surface area contributed by atoms with Crippen LogP contribution in [0.15, 0.2) is 53.0 Å². The molecule has 2 aromatic carbocycles. The predicted molar refractivity (Wildman–Crippen MR) is 92.4 cm³/mol. The summed E-state index contributed by atoms with van der Waals surface area (Å²) >= 11 is 9.31. The Morgan fingerprint density at radius 3 is 2.57 bits per heavy atom. The van der Waals surface area contributed by atoms with E-state index in [2.05, 4.69) is 21.2 Å². The van der Waals surface area contributed by atoms with Crippen molar-refractivity contribution in [3.63, 3.8) is 0 Å². The van der Waals surface area contributed by atoms with Gasteiger partial charge in [0.2, 0.25) is 5.91 Å². The molecule has 1 N–H and O–H groups in total. The first-order chi connectivity index (χ1) is 11.1. The van der Waals surface area contributed by atoms with Gasteiger partial charge < -0.3 is 10.2 Å². The van der Waals surface area contributed by atoms with Crippen molar-refractivity contribution in [3.05, 3.63) is 69.2 Å². The molecule has 0 spiro atoms. The van der Waals surface area contributed by atoms with Crippen molar-refractivity contribution in [2.75, 3.05) is 13.1 Å². The molecule has 0 bridgehead atoms. The maximum absolute atomic E-state index is 12.9. The quantitative estimate of drug-likeness (QED) is 0.850. The molecule has 0 aromatic heterocycles. The molecule has 1 saturated heterocycles. The van der Waals surface area contributed by atoms with Gasteiger partial charge in [-0.15, -0.1) is 0 Å². The van der Waals surface area contributed by atoms with Crippen molar-refractivity contribution in [1.29, 1.82) is 0 Å². The lowest BCUT2D eigenvalue weighted by atomic mass is 10.0. The molecule has 0 saturated carbocycles. The highest BCUT2D eigenvalue weighted by Crippen LogP contribution is 2.28. The van der Waals surface area contributed by atoms with Crippen LogP contribution in [0.2, 0.25) is 5.02 Å². The van der Waals surface area contributed by atoms with Crippen molar-refractivity contribution < 1.29 is 9.59 Å². The first-order valence-electron chi connectivity index (χ1n) is 7.16. The lowest BCUT2D eigenvalue weighted by molar-refractivity contribution is -0.128. The third-order valence-electron chi connectivity index (χ3n) is 3.76. The number of hydrogen-bond donors (Lipinski definition) is 1. The molecule has 118 valence electrons. The van der Waals surface area contributed by atoms with E-state index in [0.717, 1.165) is 5.56 Å². The van der Waals surface area contributed by atoms with Gasteiger partial charge in [-0.25, -0.2) is 0 Å². The summed E-state index contributed by atoms with van der Waals surface area (Å²) in [7, 11) is 0. The van der Waals surface area contributed by atoms with Crippen molar-refractivity contribution in [1.82, 2.24) is 10.2 Å².